The highest BCUT2D eigenvalue weighted by Crippen LogP contribution is 2.32. The molecule has 1 amide bonds. The summed E-state index contributed by atoms with van der Waals surface area (Å²) in [6.07, 6.45) is 1.46. The van der Waals surface area contributed by atoms with Crippen LogP contribution in [0.4, 0.5) is 5.00 Å². The quantitative estimate of drug-likeness (QED) is 0.800. The molecule has 0 saturated heterocycles. The molecular formula is C12H18N2O3S. The van der Waals surface area contributed by atoms with Crippen LogP contribution >= 0.6 is 11.3 Å². The first-order valence-corrected chi connectivity index (χ1v) is 6.68. The maximum absolute atomic E-state index is 11.8. The zero-order valence-electron chi connectivity index (χ0n) is 10.8. The van der Waals surface area contributed by atoms with Gasteiger partial charge in [0.05, 0.1) is 17.2 Å². The number of nitrogens with two attached hydrogens (primary N) is 1. The van der Waals surface area contributed by atoms with E-state index in [2.05, 4.69) is 5.32 Å². The van der Waals surface area contributed by atoms with Crippen LogP contribution in [-0.2, 0) is 11.2 Å². The molecule has 0 fully saturated rings. The van der Waals surface area contributed by atoms with Crippen LogP contribution in [-0.4, -0.2) is 25.5 Å². The molecule has 6 heteroatoms. The molecule has 0 aliphatic heterocycles. The lowest BCUT2D eigenvalue weighted by Crippen LogP contribution is -2.20. The van der Waals surface area contributed by atoms with Gasteiger partial charge < -0.3 is 15.8 Å². The number of nitrogens with one attached hydrogen (secondary N) is 1. The van der Waals surface area contributed by atoms with E-state index in [0.717, 1.165) is 17.8 Å². The summed E-state index contributed by atoms with van der Waals surface area (Å²) < 4.78 is 4.98. The minimum absolute atomic E-state index is 0.261. The summed E-state index contributed by atoms with van der Waals surface area (Å²) in [5, 5.41) is 2.90. The number of ether oxygens (including phenoxy) is 1. The van der Waals surface area contributed by atoms with Crippen molar-refractivity contribution in [3.05, 3.63) is 16.0 Å². The number of carbonyl (C=O) groups excluding carboxylic acids is 2. The van der Waals surface area contributed by atoms with Crippen LogP contribution in [0.2, 0.25) is 0 Å². The lowest BCUT2D eigenvalue weighted by molar-refractivity contribution is 0.0531. The largest absolute Gasteiger partial charge is 0.462 e. The number of amides is 1. The number of esters is 1. The second-order valence-electron chi connectivity index (χ2n) is 3.70. The van der Waals surface area contributed by atoms with E-state index in [0.29, 0.717) is 34.0 Å². The van der Waals surface area contributed by atoms with E-state index in [4.69, 9.17) is 10.5 Å². The number of rotatable bonds is 5. The minimum atomic E-state index is -0.409. The summed E-state index contributed by atoms with van der Waals surface area (Å²) >= 11 is 1.12. The van der Waals surface area contributed by atoms with Gasteiger partial charge in [0.2, 0.25) is 0 Å². The van der Waals surface area contributed by atoms with Crippen molar-refractivity contribution in [2.24, 2.45) is 0 Å². The first-order chi connectivity index (χ1) is 8.56. The average molecular weight is 270 g/mol. The Balaban J connectivity index is 3.27. The smallest absolute Gasteiger partial charge is 0.348 e. The molecule has 0 aliphatic rings. The van der Waals surface area contributed by atoms with Gasteiger partial charge in [-0.05, 0) is 18.9 Å². The predicted molar refractivity (Wildman–Crippen MR) is 72.1 cm³/mol. The highest BCUT2D eigenvalue weighted by molar-refractivity contribution is 7.18. The van der Waals surface area contributed by atoms with Crippen molar-refractivity contribution >= 4 is 28.2 Å². The predicted octanol–water partition coefficient (Wildman–Crippen LogP) is 1.82. The summed E-state index contributed by atoms with van der Waals surface area (Å²) in [6.45, 7) is 4.03. The lowest BCUT2D eigenvalue weighted by atomic mass is 10.0. The van der Waals surface area contributed by atoms with Gasteiger partial charge in [-0.2, -0.15) is 0 Å². The van der Waals surface area contributed by atoms with Gasteiger partial charge in [-0.15, -0.1) is 11.3 Å². The topological polar surface area (TPSA) is 81.4 Å². The molecule has 3 N–H and O–H groups in total. The van der Waals surface area contributed by atoms with Gasteiger partial charge in [0.15, 0.2) is 0 Å². The second-order valence-corrected chi connectivity index (χ2v) is 4.75. The Morgan fingerprint density at radius 1 is 1.39 bits per heavy atom. The summed E-state index contributed by atoms with van der Waals surface area (Å²) in [5.41, 5.74) is 6.93. The average Bonchev–Trinajstić information content (AvgIpc) is 2.66. The van der Waals surface area contributed by atoms with Crippen molar-refractivity contribution in [2.45, 2.75) is 26.7 Å². The van der Waals surface area contributed by atoms with Crippen LogP contribution in [0.5, 0.6) is 0 Å². The molecule has 5 nitrogen and oxygen atoms in total. The van der Waals surface area contributed by atoms with E-state index in [1.165, 1.54) is 0 Å². The summed E-state index contributed by atoms with van der Waals surface area (Å²) in [4.78, 5) is 24.0. The van der Waals surface area contributed by atoms with Crippen molar-refractivity contribution in [3.63, 3.8) is 0 Å². The summed E-state index contributed by atoms with van der Waals surface area (Å²) in [6, 6.07) is 0. The van der Waals surface area contributed by atoms with Gasteiger partial charge in [-0.1, -0.05) is 13.3 Å². The summed E-state index contributed by atoms with van der Waals surface area (Å²) in [5.74, 6) is -0.671. The fourth-order valence-electron chi connectivity index (χ4n) is 1.71. The van der Waals surface area contributed by atoms with E-state index in [-0.39, 0.29) is 5.91 Å². The molecule has 1 heterocycles. The Hall–Kier alpha value is -1.56. The van der Waals surface area contributed by atoms with Gasteiger partial charge in [-0.25, -0.2) is 4.79 Å². The lowest BCUT2D eigenvalue weighted by Gasteiger charge is -2.05. The van der Waals surface area contributed by atoms with Crippen LogP contribution < -0.4 is 11.1 Å². The Bertz CT molecular complexity index is 454. The van der Waals surface area contributed by atoms with E-state index < -0.39 is 5.97 Å². The maximum Gasteiger partial charge on any atom is 0.348 e. The molecule has 0 saturated carbocycles. The van der Waals surface area contributed by atoms with Gasteiger partial charge in [0.25, 0.3) is 5.91 Å². The molecule has 0 aromatic carbocycles. The third-order valence-electron chi connectivity index (χ3n) is 2.45. The normalized spacial score (nSPS) is 10.2. The molecule has 0 unspecified atom stereocenters. The SMILES string of the molecule is CCCc1c(C(=O)OCC)sc(N)c1C(=O)NC. The highest BCUT2D eigenvalue weighted by atomic mass is 32.1. The van der Waals surface area contributed by atoms with Crippen LogP contribution in [0.15, 0.2) is 0 Å². The molecule has 0 aliphatic carbocycles. The molecule has 0 spiro atoms. The number of hydrogen-bond donors (Lipinski definition) is 2. The molecule has 1 rings (SSSR count). The van der Waals surface area contributed by atoms with Crippen molar-refractivity contribution < 1.29 is 14.3 Å². The number of nitrogen functional groups attached to an aromatic ring is 1. The molecule has 0 radical (unpaired) electrons. The van der Waals surface area contributed by atoms with Gasteiger partial charge in [0.1, 0.15) is 4.88 Å². The Labute approximate surface area is 110 Å². The van der Waals surface area contributed by atoms with Crippen molar-refractivity contribution in [1.82, 2.24) is 5.32 Å². The van der Waals surface area contributed by atoms with Gasteiger partial charge in [0, 0.05) is 7.05 Å². The fraction of sp³-hybridized carbons (Fsp3) is 0.500. The van der Waals surface area contributed by atoms with Crippen LogP contribution in [0.3, 0.4) is 0 Å². The van der Waals surface area contributed by atoms with Crippen LogP contribution in [0.25, 0.3) is 0 Å². The molecule has 100 valence electrons. The third kappa shape index (κ3) is 2.81. The van der Waals surface area contributed by atoms with Gasteiger partial charge in [-0.3, -0.25) is 4.79 Å². The van der Waals surface area contributed by atoms with Crippen molar-refractivity contribution in [3.8, 4) is 0 Å². The van der Waals surface area contributed by atoms with Crippen molar-refractivity contribution in [1.29, 1.82) is 0 Å². The first-order valence-electron chi connectivity index (χ1n) is 5.87. The van der Waals surface area contributed by atoms with Crippen LogP contribution in [0.1, 0.15) is 45.9 Å². The molecule has 18 heavy (non-hydrogen) atoms. The first kappa shape index (κ1) is 14.5. The molecule has 0 bridgehead atoms. The Morgan fingerprint density at radius 2 is 2.06 bits per heavy atom. The Kier molecular flexibility index (Phi) is 5.15. The monoisotopic (exact) mass is 270 g/mol. The van der Waals surface area contributed by atoms with Crippen LogP contribution in [0, 0.1) is 0 Å². The fourth-order valence-corrected chi connectivity index (χ4v) is 2.72. The molecular weight excluding hydrogens is 252 g/mol. The zero-order chi connectivity index (χ0) is 13.7. The van der Waals surface area contributed by atoms with E-state index in [1.807, 2.05) is 6.92 Å². The maximum atomic E-state index is 11.8. The number of carbonyl (C=O) groups is 2. The highest BCUT2D eigenvalue weighted by Gasteiger charge is 2.25. The number of hydrogen-bond acceptors (Lipinski definition) is 5. The standard InChI is InChI=1S/C12H18N2O3S/c1-4-6-7-8(11(15)14-3)10(13)18-9(7)12(16)17-5-2/h4-6,13H2,1-3H3,(H,14,15). The third-order valence-corrected chi connectivity index (χ3v) is 3.49. The molecule has 1 aromatic rings. The second kappa shape index (κ2) is 6.39. The van der Waals surface area contributed by atoms with Crippen molar-refractivity contribution in [2.75, 3.05) is 19.4 Å². The number of thiophene rings is 1. The molecule has 0 atom stereocenters. The summed E-state index contributed by atoms with van der Waals surface area (Å²) in [7, 11) is 1.54. The van der Waals surface area contributed by atoms with Gasteiger partial charge >= 0.3 is 5.97 Å². The Morgan fingerprint density at radius 3 is 2.56 bits per heavy atom. The van der Waals surface area contributed by atoms with E-state index in [9.17, 15) is 9.59 Å². The molecule has 1 aromatic heterocycles. The van der Waals surface area contributed by atoms with E-state index in [1.54, 1.807) is 14.0 Å². The van der Waals surface area contributed by atoms with E-state index >= 15 is 0 Å². The minimum Gasteiger partial charge on any atom is -0.462 e. The number of anilines is 1. The zero-order valence-corrected chi connectivity index (χ0v) is 11.6.